The summed E-state index contributed by atoms with van der Waals surface area (Å²) in [5, 5.41) is 19.8. The van der Waals surface area contributed by atoms with E-state index in [1.54, 1.807) is 31.2 Å². The topological polar surface area (TPSA) is 102 Å². The Morgan fingerprint density at radius 1 is 1.17 bits per heavy atom. The van der Waals surface area contributed by atoms with Crippen LogP contribution in [-0.4, -0.2) is 38.0 Å². The van der Waals surface area contributed by atoms with Crippen LogP contribution in [0.5, 0.6) is 0 Å². The maximum absolute atomic E-state index is 12.2. The zero-order valence-corrected chi connectivity index (χ0v) is 12.5. The molecular weight excluding hydrogens is 300 g/mol. The number of fused-ring (bicyclic) bond motifs is 1. The Kier molecular flexibility index (Phi) is 3.85. The molecule has 0 spiro atoms. The maximum Gasteiger partial charge on any atom is 0.261 e. The molecule has 0 fully saturated rings. The van der Waals surface area contributed by atoms with Crippen LogP contribution in [-0.2, 0) is 6.54 Å². The first-order chi connectivity index (χ1) is 11.0. The number of amides is 2. The van der Waals surface area contributed by atoms with E-state index >= 15 is 0 Å². The second-order valence-corrected chi connectivity index (χ2v) is 5.25. The third kappa shape index (κ3) is 2.58. The molecular formula is C15H15N4O4-. The van der Waals surface area contributed by atoms with Gasteiger partial charge in [0.15, 0.2) is 0 Å². The van der Waals surface area contributed by atoms with Gasteiger partial charge in [-0.2, -0.15) is 0 Å². The molecule has 1 N–H and O–H groups in total. The summed E-state index contributed by atoms with van der Waals surface area (Å²) < 4.78 is 1.53. The normalized spacial score (nSPS) is 13.6. The summed E-state index contributed by atoms with van der Waals surface area (Å²) in [5.41, 5.74) is 0.830. The van der Waals surface area contributed by atoms with Gasteiger partial charge in [-0.1, -0.05) is 12.1 Å². The maximum atomic E-state index is 12.2. The lowest BCUT2D eigenvalue weighted by Gasteiger charge is -2.23. The Hall–Kier alpha value is -2.71. The van der Waals surface area contributed by atoms with Crippen molar-refractivity contribution in [2.45, 2.75) is 19.9 Å². The average Bonchev–Trinajstić information content (AvgIpc) is 3.01. The molecule has 2 amide bonds. The molecule has 2 heterocycles. The van der Waals surface area contributed by atoms with Gasteiger partial charge in [-0.15, -0.1) is 0 Å². The van der Waals surface area contributed by atoms with Gasteiger partial charge in [0.25, 0.3) is 11.8 Å². The molecule has 0 aliphatic carbocycles. The Balaban J connectivity index is 1.68. The number of carbonyl (C=O) groups is 2. The number of imidazole rings is 1. The van der Waals surface area contributed by atoms with E-state index in [0.29, 0.717) is 29.9 Å². The molecule has 2 aromatic rings. The molecule has 1 aliphatic heterocycles. The number of hydrogen-bond acceptors (Lipinski definition) is 6. The van der Waals surface area contributed by atoms with Gasteiger partial charge >= 0.3 is 0 Å². The van der Waals surface area contributed by atoms with Crippen LogP contribution >= 0.6 is 0 Å². The number of anilines is 1. The van der Waals surface area contributed by atoms with E-state index in [1.807, 2.05) is 0 Å². The molecule has 1 aliphatic rings. The van der Waals surface area contributed by atoms with Crippen molar-refractivity contribution in [3.05, 3.63) is 52.6 Å². The van der Waals surface area contributed by atoms with E-state index in [4.69, 9.17) is 5.21 Å². The van der Waals surface area contributed by atoms with Crippen LogP contribution in [0.2, 0.25) is 0 Å². The summed E-state index contributed by atoms with van der Waals surface area (Å²) in [6.07, 6.45) is 1.72. The largest absolute Gasteiger partial charge is 0.732 e. The first kappa shape index (κ1) is 15.2. The molecule has 0 saturated carbocycles. The molecule has 8 heteroatoms. The molecule has 120 valence electrons. The van der Waals surface area contributed by atoms with Crippen molar-refractivity contribution in [2.75, 3.05) is 11.8 Å². The average molecular weight is 315 g/mol. The number of aromatic nitrogens is 2. The Labute approximate surface area is 132 Å². The lowest BCUT2D eigenvalue weighted by molar-refractivity contribution is 0.0650. The summed E-state index contributed by atoms with van der Waals surface area (Å²) >= 11 is 0. The fourth-order valence-corrected chi connectivity index (χ4v) is 2.71. The van der Waals surface area contributed by atoms with Gasteiger partial charge in [-0.05, 0) is 25.5 Å². The third-order valence-corrected chi connectivity index (χ3v) is 3.87. The van der Waals surface area contributed by atoms with Gasteiger partial charge in [-0.25, -0.2) is 4.98 Å². The number of rotatable bonds is 5. The number of nitrogens with zero attached hydrogens (tertiary/aromatic N) is 4. The second-order valence-electron chi connectivity index (χ2n) is 5.25. The monoisotopic (exact) mass is 315 g/mol. The molecule has 0 unspecified atom stereocenters. The summed E-state index contributed by atoms with van der Waals surface area (Å²) in [7, 11) is 0. The minimum Gasteiger partial charge on any atom is -0.732 e. The number of imide groups is 1. The van der Waals surface area contributed by atoms with Gasteiger partial charge in [0.05, 0.1) is 17.3 Å². The number of hydrogen-bond donors (Lipinski definition) is 1. The van der Waals surface area contributed by atoms with Crippen LogP contribution in [0, 0.1) is 12.1 Å². The summed E-state index contributed by atoms with van der Waals surface area (Å²) in [6.45, 7) is 2.29. The lowest BCUT2D eigenvalue weighted by atomic mass is 10.1. The minimum absolute atomic E-state index is 0.0184. The summed E-state index contributed by atoms with van der Waals surface area (Å²) in [4.78, 5) is 29.6. The highest BCUT2D eigenvalue weighted by molar-refractivity contribution is 6.21. The Morgan fingerprint density at radius 3 is 2.35 bits per heavy atom. The SMILES string of the molecule is Cc1ncc(N([O-])O)n1CCCN1C(=O)c2ccccc2C1=O. The van der Waals surface area contributed by atoms with E-state index < -0.39 is 0 Å². The first-order valence-electron chi connectivity index (χ1n) is 7.14. The first-order valence-corrected chi connectivity index (χ1v) is 7.14. The molecule has 1 aromatic carbocycles. The van der Waals surface area contributed by atoms with Crippen molar-refractivity contribution in [1.82, 2.24) is 14.5 Å². The van der Waals surface area contributed by atoms with E-state index in [9.17, 15) is 14.8 Å². The molecule has 23 heavy (non-hydrogen) atoms. The quantitative estimate of drug-likeness (QED) is 0.664. The standard InChI is InChI=1S/C15H15N4O4/c1-10-16-9-13(19(22)23)17(10)7-4-8-18-14(20)11-5-2-3-6-12(11)15(18)21/h2-3,5-6,9,22H,4,7-8H2,1H3/q-1. The van der Waals surface area contributed by atoms with Gasteiger partial charge in [0.1, 0.15) is 11.6 Å². The van der Waals surface area contributed by atoms with Gasteiger partial charge in [0, 0.05) is 13.1 Å². The zero-order valence-electron chi connectivity index (χ0n) is 12.5. The number of aryl methyl sites for hydroxylation is 1. The Bertz CT molecular complexity index is 734. The van der Waals surface area contributed by atoms with Crippen LogP contribution < -0.4 is 5.23 Å². The summed E-state index contributed by atoms with van der Waals surface area (Å²) in [5.74, 6) is -0.0244. The van der Waals surface area contributed by atoms with Crippen molar-refractivity contribution in [1.29, 1.82) is 0 Å². The minimum atomic E-state index is -0.305. The van der Waals surface area contributed by atoms with Crippen molar-refractivity contribution in [3.8, 4) is 0 Å². The van der Waals surface area contributed by atoms with Crippen LogP contribution in [0.15, 0.2) is 30.5 Å². The summed E-state index contributed by atoms with van der Waals surface area (Å²) in [6, 6.07) is 6.71. The van der Waals surface area contributed by atoms with Gasteiger partial charge in [-0.3, -0.25) is 19.7 Å². The van der Waals surface area contributed by atoms with E-state index in [2.05, 4.69) is 4.98 Å². The van der Waals surface area contributed by atoms with E-state index in [-0.39, 0.29) is 29.4 Å². The predicted molar refractivity (Wildman–Crippen MR) is 81.0 cm³/mol. The predicted octanol–water partition coefficient (Wildman–Crippen LogP) is 1.57. The fourth-order valence-electron chi connectivity index (χ4n) is 2.71. The van der Waals surface area contributed by atoms with Crippen LogP contribution in [0.25, 0.3) is 0 Å². The van der Waals surface area contributed by atoms with Crippen LogP contribution in [0.4, 0.5) is 5.82 Å². The van der Waals surface area contributed by atoms with Gasteiger partial charge in [0.2, 0.25) is 0 Å². The van der Waals surface area contributed by atoms with Crippen LogP contribution in [0.1, 0.15) is 33.0 Å². The molecule has 8 nitrogen and oxygen atoms in total. The van der Waals surface area contributed by atoms with E-state index in [0.717, 1.165) is 0 Å². The van der Waals surface area contributed by atoms with Gasteiger partial charge < -0.3 is 15.0 Å². The van der Waals surface area contributed by atoms with Crippen molar-refractivity contribution in [3.63, 3.8) is 0 Å². The number of benzene rings is 1. The molecule has 0 atom stereocenters. The molecule has 3 rings (SSSR count). The molecule has 0 saturated heterocycles. The lowest BCUT2D eigenvalue weighted by Crippen LogP contribution is -2.31. The Morgan fingerprint density at radius 2 is 1.78 bits per heavy atom. The van der Waals surface area contributed by atoms with Crippen LogP contribution in [0.3, 0.4) is 0 Å². The smallest absolute Gasteiger partial charge is 0.261 e. The number of carbonyl (C=O) groups excluding carboxylic acids is 2. The molecule has 0 radical (unpaired) electrons. The van der Waals surface area contributed by atoms with Crippen molar-refractivity contribution >= 4 is 17.6 Å². The fraction of sp³-hybridized carbons (Fsp3) is 0.267. The molecule has 0 bridgehead atoms. The zero-order chi connectivity index (χ0) is 16.6. The third-order valence-electron chi connectivity index (χ3n) is 3.87. The van der Waals surface area contributed by atoms with Crippen molar-refractivity contribution in [2.24, 2.45) is 0 Å². The van der Waals surface area contributed by atoms with Crippen molar-refractivity contribution < 1.29 is 14.8 Å². The van der Waals surface area contributed by atoms with E-state index in [1.165, 1.54) is 15.7 Å². The second kappa shape index (κ2) is 5.82. The highest BCUT2D eigenvalue weighted by Gasteiger charge is 2.34. The molecule has 1 aromatic heterocycles. The highest BCUT2D eigenvalue weighted by atomic mass is 16.8. The highest BCUT2D eigenvalue weighted by Crippen LogP contribution is 2.23.